The van der Waals surface area contributed by atoms with Crippen molar-refractivity contribution in [1.29, 1.82) is 0 Å². The van der Waals surface area contributed by atoms with Gasteiger partial charge in [-0.25, -0.2) is 0 Å². The minimum Gasteiger partial charge on any atom is -0.496 e. The number of fused-ring (bicyclic) bond motifs is 1. The second-order valence-electron chi connectivity index (χ2n) is 6.11. The third-order valence-electron chi connectivity index (χ3n) is 4.29. The van der Waals surface area contributed by atoms with Gasteiger partial charge in [-0.3, -0.25) is 4.79 Å². The molecular weight excluding hydrogens is 340 g/mol. The number of hydrogen-bond donors (Lipinski definition) is 0. The summed E-state index contributed by atoms with van der Waals surface area (Å²) in [5, 5.41) is 0.407. The smallest absolute Gasteiger partial charge is 0.197 e. The van der Waals surface area contributed by atoms with Gasteiger partial charge in [-0.1, -0.05) is 60.7 Å². The van der Waals surface area contributed by atoms with Crippen molar-refractivity contribution in [3.63, 3.8) is 0 Å². The van der Waals surface area contributed by atoms with Crippen LogP contribution < -0.4 is 14.9 Å². The topological polar surface area (TPSA) is 48.7 Å². The minimum absolute atomic E-state index is 0.151. The molecule has 4 nitrogen and oxygen atoms in total. The van der Waals surface area contributed by atoms with E-state index in [2.05, 4.69) is 0 Å². The summed E-state index contributed by atoms with van der Waals surface area (Å²) < 4.78 is 17.3. The second-order valence-corrected chi connectivity index (χ2v) is 6.11. The Labute approximate surface area is 156 Å². The molecule has 4 rings (SSSR count). The van der Waals surface area contributed by atoms with Crippen LogP contribution in [0.3, 0.4) is 0 Å². The molecule has 0 amide bonds. The number of rotatable bonds is 5. The maximum absolute atomic E-state index is 12.7. The molecule has 0 N–H and O–H groups in total. The van der Waals surface area contributed by atoms with Crippen LogP contribution >= 0.6 is 0 Å². The van der Waals surface area contributed by atoms with Crippen molar-refractivity contribution in [1.82, 2.24) is 0 Å². The van der Waals surface area contributed by atoms with Crippen LogP contribution in [0.1, 0.15) is 5.56 Å². The van der Waals surface area contributed by atoms with Gasteiger partial charge in [0.2, 0.25) is 0 Å². The summed E-state index contributed by atoms with van der Waals surface area (Å²) in [6, 6.07) is 24.3. The average molecular weight is 358 g/mol. The Morgan fingerprint density at radius 3 is 2.30 bits per heavy atom. The van der Waals surface area contributed by atoms with Crippen LogP contribution in [0.25, 0.3) is 22.3 Å². The highest BCUT2D eigenvalue weighted by Crippen LogP contribution is 2.32. The molecule has 0 unspecified atom stereocenters. The Kier molecular flexibility index (Phi) is 4.62. The zero-order valence-corrected chi connectivity index (χ0v) is 14.8. The Morgan fingerprint density at radius 2 is 1.59 bits per heavy atom. The van der Waals surface area contributed by atoms with Crippen LogP contribution in [0.4, 0.5) is 0 Å². The van der Waals surface area contributed by atoms with Crippen LogP contribution in [-0.4, -0.2) is 7.11 Å². The van der Waals surface area contributed by atoms with Gasteiger partial charge >= 0.3 is 0 Å². The number of ether oxygens (including phenoxy) is 2. The molecule has 0 atom stereocenters. The lowest BCUT2D eigenvalue weighted by Crippen LogP contribution is -2.04. The van der Waals surface area contributed by atoms with Gasteiger partial charge in [-0.15, -0.1) is 0 Å². The summed E-state index contributed by atoms with van der Waals surface area (Å²) in [5.41, 5.74) is 2.17. The first kappa shape index (κ1) is 16.9. The van der Waals surface area contributed by atoms with E-state index in [4.69, 9.17) is 13.9 Å². The first-order chi connectivity index (χ1) is 13.2. The van der Waals surface area contributed by atoms with Gasteiger partial charge in [0.25, 0.3) is 0 Å². The number of hydrogen-bond acceptors (Lipinski definition) is 4. The molecule has 0 fully saturated rings. The van der Waals surface area contributed by atoms with Crippen molar-refractivity contribution in [2.24, 2.45) is 0 Å². The summed E-state index contributed by atoms with van der Waals surface area (Å²) in [6.45, 7) is 0.415. The summed E-state index contributed by atoms with van der Waals surface area (Å²) in [4.78, 5) is 12.7. The first-order valence-corrected chi connectivity index (χ1v) is 8.62. The highest BCUT2D eigenvalue weighted by atomic mass is 16.5. The van der Waals surface area contributed by atoms with Crippen molar-refractivity contribution in [3.05, 3.63) is 94.6 Å². The Balaban J connectivity index is 1.77. The van der Waals surface area contributed by atoms with Gasteiger partial charge in [0, 0.05) is 23.8 Å². The van der Waals surface area contributed by atoms with E-state index in [1.807, 2.05) is 60.7 Å². The molecule has 1 aromatic heterocycles. The van der Waals surface area contributed by atoms with Gasteiger partial charge < -0.3 is 13.9 Å². The summed E-state index contributed by atoms with van der Waals surface area (Å²) in [7, 11) is 1.53. The van der Waals surface area contributed by atoms with Gasteiger partial charge in [0.05, 0.1) is 7.11 Å². The Bertz CT molecular complexity index is 1120. The van der Waals surface area contributed by atoms with Gasteiger partial charge in [-0.2, -0.15) is 0 Å². The largest absolute Gasteiger partial charge is 0.496 e. The predicted molar refractivity (Wildman–Crippen MR) is 105 cm³/mol. The van der Waals surface area contributed by atoms with Crippen LogP contribution in [0.5, 0.6) is 11.5 Å². The molecule has 0 aliphatic heterocycles. The molecule has 4 aromatic rings. The highest BCUT2D eigenvalue weighted by Gasteiger charge is 2.14. The summed E-state index contributed by atoms with van der Waals surface area (Å²) in [5.74, 6) is 1.52. The molecule has 0 saturated heterocycles. The molecule has 0 radical (unpaired) electrons. The molecule has 0 saturated carbocycles. The third kappa shape index (κ3) is 3.55. The van der Waals surface area contributed by atoms with E-state index in [1.165, 1.54) is 13.2 Å². The number of methoxy groups -OCH3 is 1. The van der Waals surface area contributed by atoms with Gasteiger partial charge in [-0.05, 0) is 5.56 Å². The molecule has 0 spiro atoms. The monoisotopic (exact) mass is 358 g/mol. The van der Waals surface area contributed by atoms with E-state index in [9.17, 15) is 4.79 Å². The fraction of sp³-hybridized carbons (Fsp3) is 0.0870. The van der Waals surface area contributed by atoms with Crippen molar-refractivity contribution >= 4 is 11.0 Å². The van der Waals surface area contributed by atoms with Crippen LogP contribution in [-0.2, 0) is 6.61 Å². The van der Waals surface area contributed by atoms with E-state index in [1.54, 1.807) is 12.1 Å². The Morgan fingerprint density at radius 1 is 0.889 bits per heavy atom. The quantitative estimate of drug-likeness (QED) is 0.501. The molecule has 134 valence electrons. The van der Waals surface area contributed by atoms with Crippen molar-refractivity contribution in [2.75, 3.05) is 7.11 Å². The van der Waals surface area contributed by atoms with Crippen molar-refractivity contribution < 1.29 is 13.9 Å². The molecule has 0 aliphatic carbocycles. The summed E-state index contributed by atoms with van der Waals surface area (Å²) >= 11 is 0. The Hall–Kier alpha value is -3.53. The van der Waals surface area contributed by atoms with Crippen molar-refractivity contribution in [2.45, 2.75) is 6.61 Å². The summed E-state index contributed by atoms with van der Waals surface area (Å²) in [6.07, 6.45) is 0. The molecule has 0 bridgehead atoms. The molecule has 27 heavy (non-hydrogen) atoms. The molecule has 1 heterocycles. The third-order valence-corrected chi connectivity index (χ3v) is 4.29. The molecule has 4 heteroatoms. The molecule has 0 aliphatic rings. The molecule has 3 aromatic carbocycles. The lowest BCUT2D eigenvalue weighted by Gasteiger charge is -2.11. The van der Waals surface area contributed by atoms with Crippen LogP contribution in [0, 0.1) is 0 Å². The SMILES string of the molecule is COc1cc(OCc2ccccc2)cc2oc(-c3ccccc3)cc(=O)c12. The number of benzene rings is 3. The standard InChI is InChI=1S/C23H18O4/c1-25-21-12-18(26-15-16-8-4-2-5-9-16)13-22-23(21)19(24)14-20(27-22)17-10-6-3-7-11-17/h2-14H,15H2,1H3. The lowest BCUT2D eigenvalue weighted by atomic mass is 10.1. The molecular formula is C23H18O4. The van der Waals surface area contributed by atoms with Gasteiger partial charge in [0.1, 0.15) is 34.8 Å². The van der Waals surface area contributed by atoms with Gasteiger partial charge in [0.15, 0.2) is 5.43 Å². The van der Waals surface area contributed by atoms with E-state index in [-0.39, 0.29) is 5.43 Å². The zero-order chi connectivity index (χ0) is 18.6. The second kappa shape index (κ2) is 7.38. The minimum atomic E-state index is -0.151. The maximum atomic E-state index is 12.7. The van der Waals surface area contributed by atoms with Crippen LogP contribution in [0.2, 0.25) is 0 Å². The zero-order valence-electron chi connectivity index (χ0n) is 14.8. The first-order valence-electron chi connectivity index (χ1n) is 8.62. The van der Waals surface area contributed by atoms with Crippen molar-refractivity contribution in [3.8, 4) is 22.8 Å². The lowest BCUT2D eigenvalue weighted by molar-refractivity contribution is 0.304. The van der Waals surface area contributed by atoms with E-state index in [0.29, 0.717) is 34.8 Å². The highest BCUT2D eigenvalue weighted by molar-refractivity contribution is 5.86. The predicted octanol–water partition coefficient (Wildman–Crippen LogP) is 5.05. The fourth-order valence-corrected chi connectivity index (χ4v) is 2.96. The van der Waals surface area contributed by atoms with Crippen LogP contribution in [0.15, 0.2) is 88.1 Å². The van der Waals surface area contributed by atoms with E-state index in [0.717, 1.165) is 11.1 Å². The maximum Gasteiger partial charge on any atom is 0.197 e. The average Bonchev–Trinajstić information content (AvgIpc) is 2.72. The fourth-order valence-electron chi connectivity index (χ4n) is 2.96. The van der Waals surface area contributed by atoms with E-state index >= 15 is 0 Å². The van der Waals surface area contributed by atoms with E-state index < -0.39 is 0 Å². The normalized spacial score (nSPS) is 10.7.